The second kappa shape index (κ2) is 8.92. The van der Waals surface area contributed by atoms with E-state index in [1.807, 2.05) is 0 Å². The van der Waals surface area contributed by atoms with Crippen LogP contribution in [0.3, 0.4) is 0 Å². The first kappa shape index (κ1) is 18.7. The molecule has 0 aliphatic rings. The highest BCUT2D eigenvalue weighted by atomic mass is 79.9. The fraction of sp³-hybridized carbons (Fsp3) is 0.667. The number of nitrogens with one attached hydrogen (secondary N) is 1. The van der Waals surface area contributed by atoms with Crippen LogP contribution < -0.4 is 5.32 Å². The minimum absolute atomic E-state index is 0.145. The van der Waals surface area contributed by atoms with Crippen molar-refractivity contribution in [2.24, 2.45) is 5.92 Å². The zero-order valence-corrected chi connectivity index (χ0v) is 15.7. The zero-order chi connectivity index (χ0) is 15.9. The average molecular weight is 356 g/mol. The third-order valence-electron chi connectivity index (χ3n) is 3.28. The summed E-state index contributed by atoms with van der Waals surface area (Å²) in [6.45, 7) is 13.7. The summed E-state index contributed by atoms with van der Waals surface area (Å²) in [7, 11) is 0. The van der Waals surface area contributed by atoms with Gasteiger partial charge in [0.25, 0.3) is 0 Å². The molecule has 120 valence electrons. The Kier molecular flexibility index (Phi) is 7.93. The molecule has 0 saturated heterocycles. The number of halogens is 1. The van der Waals surface area contributed by atoms with Crippen LogP contribution in [0.25, 0.3) is 0 Å². The van der Waals surface area contributed by atoms with Gasteiger partial charge in [-0.25, -0.2) is 0 Å². The lowest BCUT2D eigenvalue weighted by Gasteiger charge is -2.26. The summed E-state index contributed by atoms with van der Waals surface area (Å²) in [5.74, 6) is 1.09. The summed E-state index contributed by atoms with van der Waals surface area (Å²) < 4.78 is 6.90. The van der Waals surface area contributed by atoms with Gasteiger partial charge in [-0.3, -0.25) is 0 Å². The van der Waals surface area contributed by atoms with Crippen molar-refractivity contribution in [1.82, 2.24) is 5.32 Å². The third kappa shape index (κ3) is 8.60. The molecule has 1 unspecified atom stereocenters. The maximum Gasteiger partial charge on any atom is 0.0488 e. The van der Waals surface area contributed by atoms with Gasteiger partial charge in [0.05, 0.1) is 0 Å². The molecule has 0 aliphatic heterocycles. The number of ether oxygens (including phenoxy) is 1. The lowest BCUT2D eigenvalue weighted by Crippen LogP contribution is -2.38. The largest absolute Gasteiger partial charge is 0.381 e. The highest BCUT2D eigenvalue weighted by Crippen LogP contribution is 2.22. The van der Waals surface area contributed by atoms with Crippen molar-refractivity contribution in [3.63, 3.8) is 0 Å². The molecule has 1 aromatic rings. The van der Waals surface area contributed by atoms with E-state index in [-0.39, 0.29) is 5.54 Å². The molecule has 0 saturated carbocycles. The monoisotopic (exact) mass is 355 g/mol. The normalized spacial score (nSPS) is 13.7. The maximum absolute atomic E-state index is 5.77. The second-order valence-electron chi connectivity index (χ2n) is 7.14. The maximum atomic E-state index is 5.77. The Morgan fingerprint density at radius 3 is 2.29 bits per heavy atom. The van der Waals surface area contributed by atoms with Gasteiger partial charge in [-0.05, 0) is 56.7 Å². The third-order valence-corrected chi connectivity index (χ3v) is 3.81. The van der Waals surface area contributed by atoms with Crippen LogP contribution in [-0.2, 0) is 4.74 Å². The van der Waals surface area contributed by atoms with Crippen molar-refractivity contribution in [2.75, 3.05) is 19.8 Å². The Balaban J connectivity index is 2.59. The fourth-order valence-electron chi connectivity index (χ4n) is 2.10. The predicted octanol–water partition coefficient (Wildman–Crippen LogP) is 4.98. The van der Waals surface area contributed by atoms with Crippen LogP contribution >= 0.6 is 15.9 Å². The first-order chi connectivity index (χ1) is 9.78. The van der Waals surface area contributed by atoms with Gasteiger partial charge in [-0.1, -0.05) is 41.9 Å². The van der Waals surface area contributed by atoms with E-state index < -0.39 is 0 Å². The van der Waals surface area contributed by atoms with Crippen LogP contribution in [0.5, 0.6) is 0 Å². The molecule has 1 aromatic carbocycles. The van der Waals surface area contributed by atoms with Crippen LogP contribution in [0.1, 0.15) is 52.5 Å². The summed E-state index contributed by atoms with van der Waals surface area (Å²) in [5, 5.41) is 3.62. The lowest BCUT2D eigenvalue weighted by molar-refractivity contribution is 0.103. The number of benzene rings is 1. The number of hydrogen-bond donors (Lipinski definition) is 1. The minimum Gasteiger partial charge on any atom is -0.381 e. The van der Waals surface area contributed by atoms with Gasteiger partial charge in [0.1, 0.15) is 0 Å². The first-order valence-corrected chi connectivity index (χ1v) is 8.65. The van der Waals surface area contributed by atoms with Gasteiger partial charge < -0.3 is 10.1 Å². The van der Waals surface area contributed by atoms with Crippen LogP contribution in [0.2, 0.25) is 0 Å². The van der Waals surface area contributed by atoms with Crippen molar-refractivity contribution in [3.8, 4) is 0 Å². The molecule has 0 radical (unpaired) electrons. The Morgan fingerprint density at radius 1 is 1.14 bits per heavy atom. The molecule has 3 heteroatoms. The van der Waals surface area contributed by atoms with E-state index in [4.69, 9.17) is 4.74 Å². The Labute approximate surface area is 138 Å². The molecule has 0 aromatic heterocycles. The first-order valence-electron chi connectivity index (χ1n) is 7.86. The van der Waals surface area contributed by atoms with Crippen LogP contribution in [0.4, 0.5) is 0 Å². The Bertz CT molecular complexity index is 395. The fourth-order valence-corrected chi connectivity index (χ4v) is 2.36. The van der Waals surface area contributed by atoms with Crippen molar-refractivity contribution in [1.29, 1.82) is 0 Å². The van der Waals surface area contributed by atoms with Gasteiger partial charge in [-0.2, -0.15) is 0 Å². The highest BCUT2D eigenvalue weighted by Gasteiger charge is 2.16. The van der Waals surface area contributed by atoms with Gasteiger partial charge >= 0.3 is 0 Å². The SMILES string of the molecule is CC(C)COCCC(CNC(C)(C)C)c1ccc(Br)cc1. The summed E-state index contributed by atoms with van der Waals surface area (Å²) in [5.41, 5.74) is 1.52. The molecule has 0 aliphatic carbocycles. The van der Waals surface area contributed by atoms with E-state index in [0.29, 0.717) is 11.8 Å². The second-order valence-corrected chi connectivity index (χ2v) is 8.05. The van der Waals surface area contributed by atoms with Gasteiger partial charge in [0, 0.05) is 29.8 Å². The molecule has 0 amide bonds. The van der Waals surface area contributed by atoms with Crippen molar-refractivity contribution in [2.45, 2.75) is 52.5 Å². The molecule has 0 bridgehead atoms. The van der Waals surface area contributed by atoms with E-state index >= 15 is 0 Å². The Hall–Kier alpha value is -0.380. The van der Waals surface area contributed by atoms with E-state index in [1.54, 1.807) is 0 Å². The molecule has 0 spiro atoms. The summed E-state index contributed by atoms with van der Waals surface area (Å²) in [4.78, 5) is 0. The van der Waals surface area contributed by atoms with Crippen molar-refractivity contribution < 1.29 is 4.74 Å². The van der Waals surface area contributed by atoms with E-state index in [1.165, 1.54) is 5.56 Å². The van der Waals surface area contributed by atoms with Gasteiger partial charge in [0.15, 0.2) is 0 Å². The number of rotatable bonds is 8. The van der Waals surface area contributed by atoms with E-state index in [0.717, 1.165) is 30.7 Å². The smallest absolute Gasteiger partial charge is 0.0488 e. The van der Waals surface area contributed by atoms with Crippen LogP contribution in [0.15, 0.2) is 28.7 Å². The summed E-state index contributed by atoms with van der Waals surface area (Å²) >= 11 is 3.50. The molecular weight excluding hydrogens is 326 g/mol. The Morgan fingerprint density at radius 2 is 1.76 bits per heavy atom. The molecule has 0 heterocycles. The van der Waals surface area contributed by atoms with Gasteiger partial charge in [0.2, 0.25) is 0 Å². The number of hydrogen-bond acceptors (Lipinski definition) is 2. The molecule has 0 fully saturated rings. The van der Waals surface area contributed by atoms with E-state index in [2.05, 4.69) is 80.1 Å². The molecular formula is C18H30BrNO. The molecule has 1 N–H and O–H groups in total. The molecule has 1 rings (SSSR count). The van der Waals surface area contributed by atoms with Crippen molar-refractivity contribution in [3.05, 3.63) is 34.3 Å². The zero-order valence-electron chi connectivity index (χ0n) is 14.1. The highest BCUT2D eigenvalue weighted by molar-refractivity contribution is 9.10. The molecule has 21 heavy (non-hydrogen) atoms. The molecule has 1 atom stereocenters. The predicted molar refractivity (Wildman–Crippen MR) is 94.9 cm³/mol. The molecule has 2 nitrogen and oxygen atoms in total. The topological polar surface area (TPSA) is 21.3 Å². The van der Waals surface area contributed by atoms with Crippen LogP contribution in [0, 0.1) is 5.92 Å². The lowest BCUT2D eigenvalue weighted by atomic mass is 9.95. The van der Waals surface area contributed by atoms with E-state index in [9.17, 15) is 0 Å². The van der Waals surface area contributed by atoms with Gasteiger partial charge in [-0.15, -0.1) is 0 Å². The average Bonchev–Trinajstić information content (AvgIpc) is 2.38. The quantitative estimate of drug-likeness (QED) is 0.663. The summed E-state index contributed by atoms with van der Waals surface area (Å²) in [6.07, 6.45) is 1.05. The standard InChI is InChI=1S/C18H30BrNO/c1-14(2)13-21-11-10-16(12-20-18(3,4)5)15-6-8-17(19)9-7-15/h6-9,14,16,20H,10-13H2,1-5H3. The van der Waals surface area contributed by atoms with Crippen molar-refractivity contribution >= 4 is 15.9 Å². The minimum atomic E-state index is 0.145. The van der Waals surface area contributed by atoms with Crippen LogP contribution in [-0.4, -0.2) is 25.3 Å². The summed E-state index contributed by atoms with van der Waals surface area (Å²) in [6, 6.07) is 8.66.